The fraction of sp³-hybridized carbons (Fsp3) is 0.353. The molecular weight excluding hydrogens is 234 g/mol. The molecule has 19 heavy (non-hydrogen) atoms. The number of benzene rings is 1. The molecule has 0 amide bonds. The molecule has 0 aliphatic carbocycles. The molecule has 1 aromatic carbocycles. The van der Waals surface area contributed by atoms with Crippen molar-refractivity contribution in [1.29, 1.82) is 0 Å². The first-order valence-electron chi connectivity index (χ1n) is 6.58. The van der Waals surface area contributed by atoms with E-state index in [1.807, 2.05) is 12.3 Å². The maximum Gasteiger partial charge on any atom is 0.216 e. The van der Waals surface area contributed by atoms with Gasteiger partial charge in [0.05, 0.1) is 7.11 Å². The molecule has 100 valence electrons. The summed E-state index contributed by atoms with van der Waals surface area (Å²) < 4.78 is 5.37. The summed E-state index contributed by atoms with van der Waals surface area (Å²) >= 11 is 0. The van der Waals surface area contributed by atoms with E-state index in [1.165, 1.54) is 11.1 Å². The van der Waals surface area contributed by atoms with Gasteiger partial charge in [-0.1, -0.05) is 51.1 Å². The average molecular weight is 255 g/mol. The Labute approximate surface area is 115 Å². The van der Waals surface area contributed by atoms with Crippen LogP contribution < -0.4 is 4.74 Å². The topological polar surface area (TPSA) is 22.1 Å². The monoisotopic (exact) mass is 255 g/mol. The lowest BCUT2D eigenvalue weighted by atomic mass is 9.87. The molecule has 2 rings (SSSR count). The van der Waals surface area contributed by atoms with Crippen LogP contribution in [0.15, 0.2) is 42.6 Å². The minimum absolute atomic E-state index is 0.102. The van der Waals surface area contributed by atoms with E-state index in [-0.39, 0.29) is 5.41 Å². The fourth-order valence-electron chi connectivity index (χ4n) is 2.03. The van der Waals surface area contributed by atoms with Crippen molar-refractivity contribution in [2.45, 2.75) is 32.6 Å². The van der Waals surface area contributed by atoms with Crippen molar-refractivity contribution >= 4 is 0 Å². The number of hydrogen-bond donors (Lipinski definition) is 0. The van der Waals surface area contributed by atoms with E-state index < -0.39 is 0 Å². The Kier molecular flexibility index (Phi) is 3.89. The van der Waals surface area contributed by atoms with Crippen LogP contribution in [0.5, 0.6) is 5.88 Å². The van der Waals surface area contributed by atoms with Gasteiger partial charge in [-0.25, -0.2) is 4.98 Å². The molecule has 2 heteroatoms. The molecule has 2 aromatic rings. The summed E-state index contributed by atoms with van der Waals surface area (Å²) in [5.74, 6) is 0.719. The normalized spacial score (nSPS) is 11.4. The Morgan fingerprint density at radius 2 is 1.79 bits per heavy atom. The molecule has 2 nitrogen and oxygen atoms in total. The Bertz CT molecular complexity index is 541. The van der Waals surface area contributed by atoms with Crippen LogP contribution in [0, 0.1) is 0 Å². The molecule has 0 N–H and O–H groups in total. The summed E-state index contributed by atoms with van der Waals surface area (Å²) in [7, 11) is 1.67. The van der Waals surface area contributed by atoms with Gasteiger partial charge in [0.15, 0.2) is 0 Å². The zero-order valence-electron chi connectivity index (χ0n) is 12.1. The van der Waals surface area contributed by atoms with Crippen LogP contribution in [0.4, 0.5) is 0 Å². The summed E-state index contributed by atoms with van der Waals surface area (Å²) in [6.45, 7) is 6.59. The quantitative estimate of drug-likeness (QED) is 0.827. The van der Waals surface area contributed by atoms with E-state index in [2.05, 4.69) is 56.1 Å². The molecule has 0 saturated carbocycles. The molecule has 0 radical (unpaired) electrons. The lowest BCUT2D eigenvalue weighted by molar-refractivity contribution is 0.392. The van der Waals surface area contributed by atoms with E-state index in [0.29, 0.717) is 0 Å². The van der Waals surface area contributed by atoms with Crippen molar-refractivity contribution in [1.82, 2.24) is 4.98 Å². The third-order valence-electron chi connectivity index (χ3n) is 3.22. The number of methoxy groups -OCH3 is 1. The van der Waals surface area contributed by atoms with Gasteiger partial charge in [-0.3, -0.25) is 0 Å². The number of pyridine rings is 1. The molecule has 0 aliphatic rings. The van der Waals surface area contributed by atoms with Gasteiger partial charge in [-0.05, 0) is 22.6 Å². The summed E-state index contributed by atoms with van der Waals surface area (Å²) in [4.78, 5) is 4.44. The summed E-state index contributed by atoms with van der Waals surface area (Å²) in [6.07, 6.45) is 2.76. The minimum atomic E-state index is 0.102. The van der Waals surface area contributed by atoms with Crippen LogP contribution in [0.2, 0.25) is 0 Å². The second kappa shape index (κ2) is 5.43. The lowest BCUT2D eigenvalue weighted by Gasteiger charge is -2.20. The van der Waals surface area contributed by atoms with Gasteiger partial charge in [0.25, 0.3) is 0 Å². The molecule has 0 aliphatic heterocycles. The fourth-order valence-corrected chi connectivity index (χ4v) is 2.03. The molecule has 0 spiro atoms. The molecular formula is C17H21NO. The summed E-state index contributed by atoms with van der Waals surface area (Å²) in [5, 5.41) is 0. The Morgan fingerprint density at radius 1 is 1.11 bits per heavy atom. The Morgan fingerprint density at radius 3 is 2.37 bits per heavy atom. The highest BCUT2D eigenvalue weighted by atomic mass is 16.5. The largest absolute Gasteiger partial charge is 0.481 e. The van der Waals surface area contributed by atoms with Gasteiger partial charge in [0.2, 0.25) is 5.88 Å². The predicted molar refractivity (Wildman–Crippen MR) is 78.7 cm³/mol. The molecule has 0 atom stereocenters. The number of nitrogens with zero attached hydrogens (tertiary/aromatic N) is 1. The standard InChI is InChI=1S/C17H21NO/c1-17(2,3)15-11-14(16(19-4)18-12-15)10-13-8-6-5-7-9-13/h5-9,11-12H,10H2,1-4H3. The average Bonchev–Trinajstić information content (AvgIpc) is 2.39. The maximum absolute atomic E-state index is 5.37. The molecule has 1 aromatic heterocycles. The van der Waals surface area contributed by atoms with E-state index >= 15 is 0 Å². The Hall–Kier alpha value is -1.83. The van der Waals surface area contributed by atoms with Crippen molar-refractivity contribution in [3.8, 4) is 5.88 Å². The van der Waals surface area contributed by atoms with E-state index in [4.69, 9.17) is 4.74 Å². The molecule has 0 fully saturated rings. The lowest BCUT2D eigenvalue weighted by Crippen LogP contribution is -2.12. The van der Waals surface area contributed by atoms with E-state index in [1.54, 1.807) is 7.11 Å². The Balaban J connectivity index is 2.37. The second-order valence-electron chi connectivity index (χ2n) is 5.80. The highest BCUT2D eigenvalue weighted by molar-refractivity contribution is 5.37. The molecule has 1 heterocycles. The second-order valence-corrected chi connectivity index (χ2v) is 5.80. The van der Waals surface area contributed by atoms with E-state index in [0.717, 1.165) is 17.9 Å². The van der Waals surface area contributed by atoms with Crippen LogP contribution in [0.3, 0.4) is 0 Å². The van der Waals surface area contributed by atoms with Crippen molar-refractivity contribution in [3.05, 3.63) is 59.3 Å². The van der Waals surface area contributed by atoms with Crippen LogP contribution in [-0.2, 0) is 11.8 Å². The van der Waals surface area contributed by atoms with Crippen molar-refractivity contribution < 1.29 is 4.74 Å². The summed E-state index contributed by atoms with van der Waals surface area (Å²) in [6, 6.07) is 12.6. The van der Waals surface area contributed by atoms with E-state index in [9.17, 15) is 0 Å². The SMILES string of the molecule is COc1ncc(C(C)(C)C)cc1Cc1ccccc1. The first-order chi connectivity index (χ1) is 9.00. The van der Waals surface area contributed by atoms with Crippen LogP contribution in [0.25, 0.3) is 0 Å². The van der Waals surface area contributed by atoms with Crippen LogP contribution >= 0.6 is 0 Å². The number of rotatable bonds is 3. The van der Waals surface area contributed by atoms with Crippen molar-refractivity contribution in [2.75, 3.05) is 7.11 Å². The minimum Gasteiger partial charge on any atom is -0.481 e. The molecule has 0 unspecified atom stereocenters. The number of hydrogen-bond acceptors (Lipinski definition) is 2. The van der Waals surface area contributed by atoms with Gasteiger partial charge < -0.3 is 4.74 Å². The van der Waals surface area contributed by atoms with Crippen molar-refractivity contribution in [2.24, 2.45) is 0 Å². The zero-order valence-corrected chi connectivity index (χ0v) is 12.1. The third kappa shape index (κ3) is 3.34. The third-order valence-corrected chi connectivity index (χ3v) is 3.22. The highest BCUT2D eigenvalue weighted by Gasteiger charge is 2.16. The smallest absolute Gasteiger partial charge is 0.216 e. The van der Waals surface area contributed by atoms with Crippen molar-refractivity contribution in [3.63, 3.8) is 0 Å². The van der Waals surface area contributed by atoms with Crippen LogP contribution in [-0.4, -0.2) is 12.1 Å². The van der Waals surface area contributed by atoms with Crippen LogP contribution in [0.1, 0.15) is 37.5 Å². The predicted octanol–water partition coefficient (Wildman–Crippen LogP) is 3.98. The van der Waals surface area contributed by atoms with Gasteiger partial charge in [-0.15, -0.1) is 0 Å². The summed E-state index contributed by atoms with van der Waals surface area (Å²) in [5.41, 5.74) is 3.75. The first kappa shape index (κ1) is 13.6. The first-order valence-corrected chi connectivity index (χ1v) is 6.58. The van der Waals surface area contributed by atoms with Gasteiger partial charge >= 0.3 is 0 Å². The van der Waals surface area contributed by atoms with Gasteiger partial charge in [0, 0.05) is 18.2 Å². The zero-order chi connectivity index (χ0) is 13.9. The molecule has 0 saturated heterocycles. The maximum atomic E-state index is 5.37. The number of aromatic nitrogens is 1. The number of ether oxygens (including phenoxy) is 1. The molecule has 0 bridgehead atoms. The van der Waals surface area contributed by atoms with Gasteiger partial charge in [-0.2, -0.15) is 0 Å². The van der Waals surface area contributed by atoms with Gasteiger partial charge in [0.1, 0.15) is 0 Å². The highest BCUT2D eigenvalue weighted by Crippen LogP contribution is 2.27.